The number of carbonyl (C=O) groups is 2. The van der Waals surface area contributed by atoms with E-state index in [1.165, 1.54) is 12.0 Å². The molecule has 0 saturated carbocycles. The molecular weight excluding hydrogens is 268 g/mol. The Morgan fingerprint density at radius 2 is 2.11 bits per heavy atom. The van der Waals surface area contributed by atoms with E-state index < -0.39 is 6.03 Å². The number of aryl methyl sites for hydroxylation is 1. The molecule has 102 valence electrons. The molecule has 1 saturated heterocycles. The SMILES string of the molecule is COc1cc(Cl)c(C)cc1N1CC(C)C(=O)NC1=O. The van der Waals surface area contributed by atoms with Crippen molar-refractivity contribution in [3.63, 3.8) is 0 Å². The molecule has 1 heterocycles. The van der Waals surface area contributed by atoms with Crippen LogP contribution in [0.5, 0.6) is 5.75 Å². The third kappa shape index (κ3) is 2.51. The van der Waals surface area contributed by atoms with Gasteiger partial charge in [-0.2, -0.15) is 0 Å². The van der Waals surface area contributed by atoms with Crippen LogP contribution < -0.4 is 15.0 Å². The molecule has 1 atom stereocenters. The molecule has 1 aliphatic heterocycles. The zero-order valence-corrected chi connectivity index (χ0v) is 11.7. The number of halogens is 1. The predicted molar refractivity (Wildman–Crippen MR) is 72.8 cm³/mol. The Balaban J connectivity index is 2.43. The molecule has 0 bridgehead atoms. The normalized spacial score (nSPS) is 19.4. The molecule has 1 N–H and O–H groups in total. The van der Waals surface area contributed by atoms with Gasteiger partial charge in [0.05, 0.1) is 18.7 Å². The summed E-state index contributed by atoms with van der Waals surface area (Å²) < 4.78 is 5.25. The van der Waals surface area contributed by atoms with E-state index in [2.05, 4.69) is 5.32 Å². The van der Waals surface area contributed by atoms with E-state index in [4.69, 9.17) is 16.3 Å². The standard InChI is InChI=1S/C13H15ClN2O3/c1-7-4-10(11(19-3)5-9(7)14)16-6-8(2)12(17)15-13(16)18/h4-5,8H,6H2,1-3H3,(H,15,17,18). The lowest BCUT2D eigenvalue weighted by Gasteiger charge is -2.31. The molecule has 1 aromatic rings. The Bertz CT molecular complexity index is 545. The number of nitrogens with one attached hydrogen (secondary N) is 1. The van der Waals surface area contributed by atoms with Crippen LogP contribution >= 0.6 is 11.6 Å². The quantitative estimate of drug-likeness (QED) is 0.906. The number of imide groups is 1. The summed E-state index contributed by atoms with van der Waals surface area (Å²) in [5, 5.41) is 2.89. The Kier molecular flexibility index (Phi) is 3.66. The first kappa shape index (κ1) is 13.7. The topological polar surface area (TPSA) is 58.6 Å². The molecule has 6 heteroatoms. The van der Waals surface area contributed by atoms with Gasteiger partial charge in [-0.3, -0.25) is 15.0 Å². The van der Waals surface area contributed by atoms with Gasteiger partial charge in [0.15, 0.2) is 0 Å². The van der Waals surface area contributed by atoms with Crippen LogP contribution in [-0.2, 0) is 4.79 Å². The van der Waals surface area contributed by atoms with Crippen molar-refractivity contribution in [2.75, 3.05) is 18.6 Å². The fraction of sp³-hybridized carbons (Fsp3) is 0.385. The van der Waals surface area contributed by atoms with Gasteiger partial charge in [0.1, 0.15) is 5.75 Å². The van der Waals surface area contributed by atoms with Gasteiger partial charge in [-0.25, -0.2) is 4.79 Å². The van der Waals surface area contributed by atoms with E-state index in [0.29, 0.717) is 23.0 Å². The summed E-state index contributed by atoms with van der Waals surface area (Å²) in [6.07, 6.45) is 0. The number of anilines is 1. The monoisotopic (exact) mass is 282 g/mol. The summed E-state index contributed by atoms with van der Waals surface area (Å²) >= 11 is 6.04. The highest BCUT2D eigenvalue weighted by Crippen LogP contribution is 2.34. The van der Waals surface area contributed by atoms with E-state index in [0.717, 1.165) is 5.56 Å². The molecule has 0 radical (unpaired) electrons. The maximum atomic E-state index is 11.9. The van der Waals surface area contributed by atoms with Gasteiger partial charge in [-0.15, -0.1) is 0 Å². The van der Waals surface area contributed by atoms with Crippen LogP contribution in [0.3, 0.4) is 0 Å². The number of hydrogen-bond acceptors (Lipinski definition) is 3. The van der Waals surface area contributed by atoms with E-state index in [9.17, 15) is 9.59 Å². The number of carbonyl (C=O) groups excluding carboxylic acids is 2. The van der Waals surface area contributed by atoms with Crippen molar-refractivity contribution >= 4 is 29.2 Å². The van der Waals surface area contributed by atoms with Crippen molar-refractivity contribution in [3.05, 3.63) is 22.7 Å². The highest BCUT2D eigenvalue weighted by molar-refractivity contribution is 6.31. The largest absolute Gasteiger partial charge is 0.495 e. The van der Waals surface area contributed by atoms with Gasteiger partial charge in [0.25, 0.3) is 0 Å². The zero-order valence-electron chi connectivity index (χ0n) is 11.0. The highest BCUT2D eigenvalue weighted by atomic mass is 35.5. The lowest BCUT2D eigenvalue weighted by atomic mass is 10.1. The molecule has 3 amide bonds. The first-order chi connectivity index (χ1) is 8.93. The van der Waals surface area contributed by atoms with E-state index >= 15 is 0 Å². The van der Waals surface area contributed by atoms with Crippen LogP contribution in [0.2, 0.25) is 5.02 Å². The minimum Gasteiger partial charge on any atom is -0.495 e. The van der Waals surface area contributed by atoms with E-state index in [1.54, 1.807) is 19.1 Å². The van der Waals surface area contributed by atoms with Crippen molar-refractivity contribution < 1.29 is 14.3 Å². The number of rotatable bonds is 2. The Morgan fingerprint density at radius 1 is 1.42 bits per heavy atom. The second kappa shape index (κ2) is 5.09. The summed E-state index contributed by atoms with van der Waals surface area (Å²) in [5.74, 6) is -0.0170. The van der Waals surface area contributed by atoms with Crippen LogP contribution in [-0.4, -0.2) is 25.6 Å². The van der Waals surface area contributed by atoms with Crippen molar-refractivity contribution in [2.24, 2.45) is 5.92 Å². The summed E-state index contributed by atoms with van der Waals surface area (Å²) in [7, 11) is 1.51. The Morgan fingerprint density at radius 3 is 2.74 bits per heavy atom. The van der Waals surface area contributed by atoms with E-state index in [1.807, 2.05) is 6.92 Å². The molecule has 1 aromatic carbocycles. The van der Waals surface area contributed by atoms with Crippen LogP contribution in [0.1, 0.15) is 12.5 Å². The summed E-state index contributed by atoms with van der Waals surface area (Å²) in [5.41, 5.74) is 1.45. The lowest BCUT2D eigenvalue weighted by Crippen LogP contribution is -2.54. The fourth-order valence-electron chi connectivity index (χ4n) is 1.97. The average Bonchev–Trinajstić information content (AvgIpc) is 2.36. The summed E-state index contributed by atoms with van der Waals surface area (Å²) in [4.78, 5) is 24.9. The Hall–Kier alpha value is -1.75. The molecule has 5 nitrogen and oxygen atoms in total. The first-order valence-corrected chi connectivity index (χ1v) is 6.28. The van der Waals surface area contributed by atoms with Crippen molar-refractivity contribution in [3.8, 4) is 5.75 Å². The molecule has 1 fully saturated rings. The molecule has 0 spiro atoms. The van der Waals surface area contributed by atoms with Gasteiger partial charge in [0, 0.05) is 17.6 Å². The number of amides is 3. The molecule has 0 aliphatic carbocycles. The Labute approximate surface area is 116 Å². The predicted octanol–water partition coefficient (Wildman–Crippen LogP) is 2.35. The van der Waals surface area contributed by atoms with Crippen molar-refractivity contribution in [1.29, 1.82) is 0 Å². The third-order valence-electron chi connectivity index (χ3n) is 3.13. The van der Waals surface area contributed by atoms with Gasteiger partial charge in [0.2, 0.25) is 5.91 Å². The maximum Gasteiger partial charge on any atom is 0.328 e. The lowest BCUT2D eigenvalue weighted by molar-refractivity contribution is -0.123. The number of ether oxygens (including phenoxy) is 1. The average molecular weight is 283 g/mol. The number of benzene rings is 1. The maximum absolute atomic E-state index is 11.9. The number of urea groups is 1. The third-order valence-corrected chi connectivity index (χ3v) is 3.54. The van der Waals surface area contributed by atoms with E-state index in [-0.39, 0.29) is 11.8 Å². The summed E-state index contributed by atoms with van der Waals surface area (Å²) in [6.45, 7) is 3.94. The molecule has 1 unspecified atom stereocenters. The molecular formula is C13H15ClN2O3. The van der Waals surface area contributed by atoms with Gasteiger partial charge < -0.3 is 4.74 Å². The molecule has 0 aromatic heterocycles. The summed E-state index contributed by atoms with van der Waals surface area (Å²) in [6, 6.07) is 3.01. The second-order valence-corrected chi connectivity index (χ2v) is 4.99. The van der Waals surface area contributed by atoms with Gasteiger partial charge in [-0.05, 0) is 18.6 Å². The van der Waals surface area contributed by atoms with Crippen LogP contribution in [0.4, 0.5) is 10.5 Å². The number of hydrogen-bond donors (Lipinski definition) is 1. The van der Waals surface area contributed by atoms with Gasteiger partial charge >= 0.3 is 6.03 Å². The number of methoxy groups -OCH3 is 1. The second-order valence-electron chi connectivity index (χ2n) is 4.58. The van der Waals surface area contributed by atoms with Crippen LogP contribution in [0.25, 0.3) is 0 Å². The van der Waals surface area contributed by atoms with Crippen molar-refractivity contribution in [1.82, 2.24) is 5.32 Å². The zero-order chi connectivity index (χ0) is 14.2. The molecule has 2 rings (SSSR count). The fourth-order valence-corrected chi connectivity index (χ4v) is 2.12. The number of nitrogens with zero attached hydrogens (tertiary/aromatic N) is 1. The minimum absolute atomic E-state index is 0.258. The minimum atomic E-state index is -0.442. The van der Waals surface area contributed by atoms with Crippen LogP contribution in [0.15, 0.2) is 12.1 Å². The smallest absolute Gasteiger partial charge is 0.328 e. The molecule has 1 aliphatic rings. The highest BCUT2D eigenvalue weighted by Gasteiger charge is 2.31. The van der Waals surface area contributed by atoms with Gasteiger partial charge in [-0.1, -0.05) is 18.5 Å². The first-order valence-electron chi connectivity index (χ1n) is 5.90. The van der Waals surface area contributed by atoms with Crippen LogP contribution in [0, 0.1) is 12.8 Å². The van der Waals surface area contributed by atoms with Crippen molar-refractivity contribution in [2.45, 2.75) is 13.8 Å². The molecule has 19 heavy (non-hydrogen) atoms.